The van der Waals surface area contributed by atoms with Crippen LogP contribution in [0.1, 0.15) is 32.1 Å². The molecule has 0 aliphatic carbocycles. The van der Waals surface area contributed by atoms with E-state index in [0.717, 1.165) is 25.7 Å². The molecule has 2 heterocycles. The van der Waals surface area contributed by atoms with E-state index in [0.29, 0.717) is 0 Å². The summed E-state index contributed by atoms with van der Waals surface area (Å²) in [7, 11) is 0. The SMILES string of the molecule is NCCCCCN1CCN(CC2CCOCC2)CC1. The van der Waals surface area contributed by atoms with E-state index in [2.05, 4.69) is 9.80 Å². The van der Waals surface area contributed by atoms with E-state index in [1.54, 1.807) is 0 Å². The lowest BCUT2D eigenvalue weighted by atomic mass is 9.99. The highest BCUT2D eigenvalue weighted by molar-refractivity contribution is 4.75. The lowest BCUT2D eigenvalue weighted by Crippen LogP contribution is -2.48. The van der Waals surface area contributed by atoms with E-state index in [4.69, 9.17) is 10.5 Å². The van der Waals surface area contributed by atoms with Gasteiger partial charge in [0.25, 0.3) is 0 Å². The van der Waals surface area contributed by atoms with Gasteiger partial charge in [0.15, 0.2) is 0 Å². The van der Waals surface area contributed by atoms with Gasteiger partial charge in [-0.1, -0.05) is 6.42 Å². The van der Waals surface area contributed by atoms with E-state index in [1.165, 1.54) is 71.4 Å². The fraction of sp³-hybridized carbons (Fsp3) is 1.00. The molecule has 0 saturated carbocycles. The molecule has 2 rings (SSSR count). The molecule has 0 radical (unpaired) electrons. The summed E-state index contributed by atoms with van der Waals surface area (Å²) in [6, 6.07) is 0. The topological polar surface area (TPSA) is 41.7 Å². The molecule has 4 heteroatoms. The minimum absolute atomic E-state index is 0.846. The van der Waals surface area contributed by atoms with Gasteiger partial charge in [0.05, 0.1) is 0 Å². The van der Waals surface area contributed by atoms with Crippen LogP contribution in [-0.2, 0) is 4.74 Å². The Hall–Kier alpha value is -0.160. The van der Waals surface area contributed by atoms with Crippen LogP contribution in [0, 0.1) is 5.92 Å². The lowest BCUT2D eigenvalue weighted by Gasteiger charge is -2.37. The molecule has 0 spiro atoms. The standard InChI is InChI=1S/C15H31N3O/c16-6-2-1-3-7-17-8-10-18(11-9-17)14-15-4-12-19-13-5-15/h15H,1-14,16H2. The minimum atomic E-state index is 0.846. The molecule has 0 bridgehead atoms. The normalized spacial score (nSPS) is 23.8. The quantitative estimate of drug-likeness (QED) is 0.704. The summed E-state index contributed by atoms with van der Waals surface area (Å²) in [4.78, 5) is 5.28. The van der Waals surface area contributed by atoms with Crippen molar-refractivity contribution in [3.8, 4) is 0 Å². The number of ether oxygens (including phenoxy) is 1. The number of rotatable bonds is 7. The first-order valence-electron chi connectivity index (χ1n) is 8.11. The highest BCUT2D eigenvalue weighted by Crippen LogP contribution is 2.17. The third-order valence-corrected chi connectivity index (χ3v) is 4.50. The molecule has 4 nitrogen and oxygen atoms in total. The summed E-state index contributed by atoms with van der Waals surface area (Å²) in [5.74, 6) is 0.879. The van der Waals surface area contributed by atoms with Gasteiger partial charge in [0.1, 0.15) is 0 Å². The van der Waals surface area contributed by atoms with Gasteiger partial charge < -0.3 is 20.3 Å². The Morgan fingerprint density at radius 2 is 1.58 bits per heavy atom. The van der Waals surface area contributed by atoms with Gasteiger partial charge in [0.2, 0.25) is 0 Å². The second-order valence-electron chi connectivity index (χ2n) is 6.05. The Morgan fingerprint density at radius 3 is 2.26 bits per heavy atom. The van der Waals surface area contributed by atoms with Crippen LogP contribution in [0.3, 0.4) is 0 Å². The van der Waals surface area contributed by atoms with Crippen molar-refractivity contribution >= 4 is 0 Å². The Bertz CT molecular complexity index is 223. The van der Waals surface area contributed by atoms with Crippen molar-refractivity contribution < 1.29 is 4.74 Å². The van der Waals surface area contributed by atoms with Crippen LogP contribution in [0.15, 0.2) is 0 Å². The third kappa shape index (κ3) is 5.78. The number of nitrogens with zero attached hydrogens (tertiary/aromatic N) is 2. The van der Waals surface area contributed by atoms with Gasteiger partial charge in [0, 0.05) is 45.9 Å². The van der Waals surface area contributed by atoms with E-state index in [9.17, 15) is 0 Å². The van der Waals surface area contributed by atoms with Crippen molar-refractivity contribution in [3.63, 3.8) is 0 Å². The molecule has 2 aliphatic heterocycles. The summed E-state index contributed by atoms with van der Waals surface area (Å²) in [5, 5.41) is 0. The van der Waals surface area contributed by atoms with Crippen molar-refractivity contribution in [2.75, 3.05) is 59.0 Å². The van der Waals surface area contributed by atoms with Crippen molar-refractivity contribution in [2.24, 2.45) is 11.7 Å². The van der Waals surface area contributed by atoms with E-state index >= 15 is 0 Å². The average Bonchev–Trinajstić information content (AvgIpc) is 2.46. The molecule has 0 unspecified atom stereocenters. The van der Waals surface area contributed by atoms with Crippen molar-refractivity contribution in [2.45, 2.75) is 32.1 Å². The Kier molecular flexibility index (Phi) is 7.14. The van der Waals surface area contributed by atoms with Gasteiger partial charge in [-0.15, -0.1) is 0 Å². The number of piperazine rings is 1. The molecule has 2 fully saturated rings. The fourth-order valence-electron chi connectivity index (χ4n) is 3.15. The molecule has 2 N–H and O–H groups in total. The van der Waals surface area contributed by atoms with Crippen LogP contribution in [-0.4, -0.2) is 68.8 Å². The maximum Gasteiger partial charge on any atom is 0.0469 e. The molecule has 19 heavy (non-hydrogen) atoms. The first-order chi connectivity index (χ1) is 9.38. The molecular formula is C15H31N3O. The summed E-state index contributed by atoms with van der Waals surface area (Å²) in [6.07, 6.45) is 6.32. The molecule has 2 saturated heterocycles. The Labute approximate surface area is 118 Å². The van der Waals surface area contributed by atoms with Crippen LogP contribution in [0.4, 0.5) is 0 Å². The fourth-order valence-corrected chi connectivity index (χ4v) is 3.15. The van der Waals surface area contributed by atoms with E-state index in [-0.39, 0.29) is 0 Å². The second-order valence-corrected chi connectivity index (χ2v) is 6.05. The van der Waals surface area contributed by atoms with Gasteiger partial charge in [-0.25, -0.2) is 0 Å². The Morgan fingerprint density at radius 1 is 0.895 bits per heavy atom. The zero-order valence-corrected chi connectivity index (χ0v) is 12.4. The molecule has 0 aromatic rings. The minimum Gasteiger partial charge on any atom is -0.381 e. The van der Waals surface area contributed by atoms with Crippen LogP contribution >= 0.6 is 0 Å². The zero-order valence-electron chi connectivity index (χ0n) is 12.4. The summed E-state index contributed by atoms with van der Waals surface area (Å²) < 4.78 is 5.43. The van der Waals surface area contributed by atoms with Gasteiger partial charge in [-0.05, 0) is 44.7 Å². The summed E-state index contributed by atoms with van der Waals surface area (Å²) >= 11 is 0. The number of unbranched alkanes of at least 4 members (excludes halogenated alkanes) is 2. The molecule has 0 aromatic heterocycles. The summed E-state index contributed by atoms with van der Waals surface area (Å²) in [5.41, 5.74) is 5.53. The lowest BCUT2D eigenvalue weighted by molar-refractivity contribution is 0.0421. The van der Waals surface area contributed by atoms with E-state index in [1.807, 2.05) is 0 Å². The van der Waals surface area contributed by atoms with E-state index < -0.39 is 0 Å². The maximum absolute atomic E-state index is 5.53. The molecule has 112 valence electrons. The third-order valence-electron chi connectivity index (χ3n) is 4.50. The van der Waals surface area contributed by atoms with Gasteiger partial charge in [-0.2, -0.15) is 0 Å². The number of hydrogen-bond donors (Lipinski definition) is 1. The predicted molar refractivity (Wildman–Crippen MR) is 79.3 cm³/mol. The molecular weight excluding hydrogens is 238 g/mol. The van der Waals surface area contributed by atoms with Crippen molar-refractivity contribution in [3.05, 3.63) is 0 Å². The molecule has 2 aliphatic rings. The number of nitrogens with two attached hydrogens (primary N) is 1. The van der Waals surface area contributed by atoms with Crippen LogP contribution in [0.2, 0.25) is 0 Å². The van der Waals surface area contributed by atoms with Crippen LogP contribution in [0.25, 0.3) is 0 Å². The smallest absolute Gasteiger partial charge is 0.0469 e. The van der Waals surface area contributed by atoms with Crippen LogP contribution in [0.5, 0.6) is 0 Å². The highest BCUT2D eigenvalue weighted by Gasteiger charge is 2.21. The molecule has 0 atom stereocenters. The largest absolute Gasteiger partial charge is 0.381 e. The monoisotopic (exact) mass is 269 g/mol. The first kappa shape index (κ1) is 15.2. The second kappa shape index (κ2) is 8.90. The zero-order chi connectivity index (χ0) is 13.3. The maximum atomic E-state index is 5.53. The van der Waals surface area contributed by atoms with Crippen molar-refractivity contribution in [1.82, 2.24) is 9.80 Å². The average molecular weight is 269 g/mol. The Balaban J connectivity index is 1.54. The molecule has 0 amide bonds. The van der Waals surface area contributed by atoms with Crippen LogP contribution < -0.4 is 5.73 Å². The highest BCUT2D eigenvalue weighted by atomic mass is 16.5. The van der Waals surface area contributed by atoms with Gasteiger partial charge in [-0.3, -0.25) is 0 Å². The first-order valence-corrected chi connectivity index (χ1v) is 8.11. The molecule has 0 aromatic carbocycles. The summed E-state index contributed by atoms with van der Waals surface area (Å²) in [6.45, 7) is 10.4. The van der Waals surface area contributed by atoms with Crippen molar-refractivity contribution in [1.29, 1.82) is 0 Å². The predicted octanol–water partition coefficient (Wildman–Crippen LogP) is 1.16. The van der Waals surface area contributed by atoms with Gasteiger partial charge >= 0.3 is 0 Å². The number of hydrogen-bond acceptors (Lipinski definition) is 4.